The van der Waals surface area contributed by atoms with Gasteiger partial charge in [0.1, 0.15) is 0 Å². The van der Waals surface area contributed by atoms with Gasteiger partial charge in [-0.05, 0) is 18.6 Å². The summed E-state index contributed by atoms with van der Waals surface area (Å²) in [6, 6.07) is 8.46. The van der Waals surface area contributed by atoms with E-state index in [-0.39, 0.29) is 18.7 Å². The minimum atomic E-state index is -0.999. The molecule has 1 aromatic heterocycles. The van der Waals surface area contributed by atoms with Crippen LogP contribution < -0.4 is 5.32 Å². The number of hydrogen-bond acceptors (Lipinski definition) is 5. The number of aliphatic carboxylic acids is 1. The molecule has 126 valence electrons. The lowest BCUT2D eigenvalue weighted by molar-refractivity contribution is -0.138. The number of halogens is 1. The summed E-state index contributed by atoms with van der Waals surface area (Å²) in [5, 5.41) is 16.1. The van der Waals surface area contributed by atoms with Crippen molar-refractivity contribution in [2.75, 3.05) is 13.2 Å². The Hall–Kier alpha value is -2.38. The summed E-state index contributed by atoms with van der Waals surface area (Å²) >= 11 is 5.93. The van der Waals surface area contributed by atoms with Crippen LogP contribution in [0.25, 0.3) is 11.3 Å². The molecule has 0 spiro atoms. The minimum Gasteiger partial charge on any atom is -0.481 e. The van der Waals surface area contributed by atoms with Crippen LogP contribution in [0.4, 0.5) is 0 Å². The zero-order valence-electron chi connectivity index (χ0n) is 12.6. The fraction of sp³-hybridized carbons (Fsp3) is 0.312. The summed E-state index contributed by atoms with van der Waals surface area (Å²) in [5.74, 6) is -1.10. The maximum atomic E-state index is 12.4. The lowest BCUT2D eigenvalue weighted by atomic mass is 9.94. The van der Waals surface area contributed by atoms with Gasteiger partial charge in [-0.15, -0.1) is 0 Å². The minimum absolute atomic E-state index is 0.0710. The molecule has 1 fully saturated rings. The summed E-state index contributed by atoms with van der Waals surface area (Å²) in [4.78, 5) is 23.4. The SMILES string of the molecule is O=C(O)CC1(NC(=O)c2cc(-c3cccc(Cl)c3)on2)CCOC1. The molecule has 0 saturated carbocycles. The molecular weight excluding hydrogens is 336 g/mol. The van der Waals surface area contributed by atoms with E-state index in [0.29, 0.717) is 29.4 Å². The molecule has 0 aliphatic carbocycles. The number of aromatic nitrogens is 1. The predicted molar refractivity (Wildman–Crippen MR) is 84.8 cm³/mol. The summed E-state index contributed by atoms with van der Waals surface area (Å²) in [7, 11) is 0. The van der Waals surface area contributed by atoms with Crippen molar-refractivity contribution in [3.05, 3.63) is 41.0 Å². The number of carboxylic acid groups (broad SMARTS) is 1. The number of carbonyl (C=O) groups is 2. The molecule has 8 heteroatoms. The second-order valence-electron chi connectivity index (χ2n) is 5.69. The average Bonchev–Trinajstić information content (AvgIpc) is 3.16. The second-order valence-corrected chi connectivity index (χ2v) is 6.13. The molecule has 1 aromatic carbocycles. The molecule has 2 heterocycles. The normalized spacial score (nSPS) is 20.0. The van der Waals surface area contributed by atoms with Crippen molar-refractivity contribution in [2.24, 2.45) is 0 Å². The van der Waals surface area contributed by atoms with Gasteiger partial charge in [-0.25, -0.2) is 0 Å². The zero-order valence-corrected chi connectivity index (χ0v) is 13.4. The van der Waals surface area contributed by atoms with E-state index in [4.69, 9.17) is 26.0 Å². The van der Waals surface area contributed by atoms with Crippen molar-refractivity contribution in [3.63, 3.8) is 0 Å². The van der Waals surface area contributed by atoms with Crippen molar-refractivity contribution in [3.8, 4) is 11.3 Å². The summed E-state index contributed by atoms with van der Waals surface area (Å²) < 4.78 is 10.4. The van der Waals surface area contributed by atoms with Crippen LogP contribution in [0, 0.1) is 0 Å². The van der Waals surface area contributed by atoms with Crippen molar-refractivity contribution in [2.45, 2.75) is 18.4 Å². The monoisotopic (exact) mass is 350 g/mol. The first-order valence-corrected chi connectivity index (χ1v) is 7.70. The fourth-order valence-electron chi connectivity index (χ4n) is 2.64. The summed E-state index contributed by atoms with van der Waals surface area (Å²) in [6.07, 6.45) is 0.224. The van der Waals surface area contributed by atoms with Crippen LogP contribution in [0.1, 0.15) is 23.3 Å². The first-order valence-electron chi connectivity index (χ1n) is 7.32. The fourth-order valence-corrected chi connectivity index (χ4v) is 2.83. The standard InChI is InChI=1S/C16H15ClN2O5/c17-11-3-1-2-10(6-11)13-7-12(19-24-13)15(22)18-16(8-14(20)21)4-5-23-9-16/h1-3,6-7H,4-5,8-9H2,(H,18,22)(H,20,21). The van der Waals surface area contributed by atoms with Crippen LogP contribution in [-0.4, -0.2) is 40.9 Å². The largest absolute Gasteiger partial charge is 0.481 e. The molecule has 1 atom stereocenters. The molecule has 2 aromatic rings. The molecular formula is C16H15ClN2O5. The topological polar surface area (TPSA) is 102 Å². The number of carbonyl (C=O) groups excluding carboxylic acids is 1. The second kappa shape index (κ2) is 6.62. The van der Waals surface area contributed by atoms with Crippen LogP contribution in [-0.2, 0) is 9.53 Å². The maximum Gasteiger partial charge on any atom is 0.305 e. The smallest absolute Gasteiger partial charge is 0.305 e. The molecule has 0 bridgehead atoms. The summed E-state index contributed by atoms with van der Waals surface area (Å²) in [6.45, 7) is 0.560. The molecule has 3 rings (SSSR count). The van der Waals surface area contributed by atoms with Crippen molar-refractivity contribution in [1.82, 2.24) is 10.5 Å². The Labute approximate surface area is 142 Å². The van der Waals surface area contributed by atoms with Gasteiger partial charge in [0.25, 0.3) is 5.91 Å². The molecule has 1 amide bonds. The van der Waals surface area contributed by atoms with E-state index in [9.17, 15) is 9.59 Å². The van der Waals surface area contributed by atoms with Crippen molar-refractivity contribution in [1.29, 1.82) is 0 Å². The highest BCUT2D eigenvalue weighted by Gasteiger charge is 2.39. The molecule has 1 aliphatic heterocycles. The predicted octanol–water partition coefficient (Wildman–Crippen LogP) is 2.36. The Morgan fingerprint density at radius 1 is 1.38 bits per heavy atom. The number of benzene rings is 1. The summed E-state index contributed by atoms with van der Waals surface area (Å²) in [5.41, 5.74) is -0.155. The Kier molecular flexibility index (Phi) is 4.55. The van der Waals surface area contributed by atoms with Gasteiger partial charge in [-0.2, -0.15) is 0 Å². The number of nitrogens with zero attached hydrogens (tertiary/aromatic N) is 1. The number of ether oxygens (including phenoxy) is 1. The van der Waals surface area contributed by atoms with Gasteiger partial charge < -0.3 is 19.7 Å². The van der Waals surface area contributed by atoms with Gasteiger partial charge in [0.15, 0.2) is 11.5 Å². The van der Waals surface area contributed by atoms with Gasteiger partial charge >= 0.3 is 5.97 Å². The Balaban J connectivity index is 1.77. The highest BCUT2D eigenvalue weighted by atomic mass is 35.5. The number of nitrogens with one attached hydrogen (secondary N) is 1. The van der Waals surface area contributed by atoms with E-state index < -0.39 is 17.4 Å². The maximum absolute atomic E-state index is 12.4. The molecule has 0 radical (unpaired) electrons. The number of rotatable bonds is 5. The van der Waals surface area contributed by atoms with E-state index in [1.807, 2.05) is 0 Å². The lowest BCUT2D eigenvalue weighted by Gasteiger charge is -2.26. The lowest BCUT2D eigenvalue weighted by Crippen LogP contribution is -2.50. The Bertz CT molecular complexity index is 767. The quantitative estimate of drug-likeness (QED) is 0.858. The average molecular weight is 351 g/mol. The van der Waals surface area contributed by atoms with Gasteiger partial charge in [0, 0.05) is 23.3 Å². The number of carboxylic acids is 1. The van der Waals surface area contributed by atoms with E-state index in [0.717, 1.165) is 0 Å². The molecule has 24 heavy (non-hydrogen) atoms. The highest BCUT2D eigenvalue weighted by molar-refractivity contribution is 6.30. The third-order valence-corrected chi connectivity index (χ3v) is 4.06. The van der Waals surface area contributed by atoms with Crippen molar-refractivity contribution < 1.29 is 24.0 Å². The third kappa shape index (κ3) is 3.58. The van der Waals surface area contributed by atoms with E-state index in [1.54, 1.807) is 24.3 Å². The first-order chi connectivity index (χ1) is 11.5. The zero-order chi connectivity index (χ0) is 17.2. The first kappa shape index (κ1) is 16.5. The van der Waals surface area contributed by atoms with Crippen LogP contribution in [0.3, 0.4) is 0 Å². The molecule has 1 aliphatic rings. The molecule has 2 N–H and O–H groups in total. The number of amides is 1. The Morgan fingerprint density at radius 3 is 2.88 bits per heavy atom. The van der Waals surface area contributed by atoms with Crippen LogP contribution in [0.2, 0.25) is 5.02 Å². The molecule has 7 nitrogen and oxygen atoms in total. The number of hydrogen-bond donors (Lipinski definition) is 2. The van der Waals surface area contributed by atoms with Crippen LogP contribution >= 0.6 is 11.6 Å². The van der Waals surface area contributed by atoms with Crippen LogP contribution in [0.15, 0.2) is 34.9 Å². The van der Waals surface area contributed by atoms with Crippen molar-refractivity contribution >= 4 is 23.5 Å². The molecule has 1 saturated heterocycles. The van der Waals surface area contributed by atoms with Crippen LogP contribution in [0.5, 0.6) is 0 Å². The Morgan fingerprint density at radius 2 is 2.21 bits per heavy atom. The van der Waals surface area contributed by atoms with Gasteiger partial charge in [0.2, 0.25) is 0 Å². The third-order valence-electron chi connectivity index (χ3n) is 3.82. The van der Waals surface area contributed by atoms with E-state index >= 15 is 0 Å². The van der Waals surface area contributed by atoms with Gasteiger partial charge in [-0.1, -0.05) is 28.9 Å². The highest BCUT2D eigenvalue weighted by Crippen LogP contribution is 2.25. The molecule has 1 unspecified atom stereocenters. The van der Waals surface area contributed by atoms with Gasteiger partial charge in [0.05, 0.1) is 18.6 Å². The van der Waals surface area contributed by atoms with E-state index in [2.05, 4.69) is 10.5 Å². The van der Waals surface area contributed by atoms with E-state index in [1.165, 1.54) is 6.07 Å². The van der Waals surface area contributed by atoms with Gasteiger partial charge in [-0.3, -0.25) is 9.59 Å².